The first-order valence-electron chi connectivity index (χ1n) is 8.53. The van der Waals surface area contributed by atoms with E-state index in [0.717, 1.165) is 12.0 Å². The van der Waals surface area contributed by atoms with Gasteiger partial charge < -0.3 is 10.2 Å². The van der Waals surface area contributed by atoms with Crippen molar-refractivity contribution in [3.05, 3.63) is 75.3 Å². The van der Waals surface area contributed by atoms with Crippen LogP contribution in [0.2, 0.25) is 0 Å². The van der Waals surface area contributed by atoms with E-state index in [0.29, 0.717) is 24.3 Å². The van der Waals surface area contributed by atoms with Gasteiger partial charge in [-0.2, -0.15) is 0 Å². The molecule has 0 saturated carbocycles. The topological polar surface area (TPSA) is 92.6 Å². The summed E-state index contributed by atoms with van der Waals surface area (Å²) in [5, 5.41) is 13.4. The van der Waals surface area contributed by atoms with Crippen LogP contribution in [0, 0.1) is 10.1 Å². The zero-order valence-electron chi connectivity index (χ0n) is 14.8. The second kappa shape index (κ2) is 7.82. The number of carbonyl (C=O) groups excluding carboxylic acids is 2. The van der Waals surface area contributed by atoms with Crippen molar-refractivity contribution in [1.29, 1.82) is 0 Å². The van der Waals surface area contributed by atoms with Crippen LogP contribution in [0.3, 0.4) is 0 Å². The van der Waals surface area contributed by atoms with Crippen LogP contribution in [0.25, 0.3) is 6.08 Å². The van der Waals surface area contributed by atoms with E-state index in [4.69, 9.17) is 0 Å². The van der Waals surface area contributed by atoms with Gasteiger partial charge in [0, 0.05) is 43.9 Å². The lowest BCUT2D eigenvalue weighted by atomic mass is 9.99. The second-order valence-electron chi connectivity index (χ2n) is 6.35. The highest BCUT2D eigenvalue weighted by Gasteiger charge is 2.18. The minimum absolute atomic E-state index is 0.00488. The number of nitrogens with one attached hydrogen (secondary N) is 1. The van der Waals surface area contributed by atoms with Crippen LogP contribution in [0.4, 0.5) is 11.4 Å². The van der Waals surface area contributed by atoms with Crippen LogP contribution < -0.4 is 5.32 Å². The molecule has 0 saturated heterocycles. The summed E-state index contributed by atoms with van der Waals surface area (Å²) in [6.45, 7) is 2.82. The van der Waals surface area contributed by atoms with Crippen molar-refractivity contribution in [2.45, 2.75) is 19.9 Å². The highest BCUT2D eigenvalue weighted by Crippen LogP contribution is 2.23. The Hall–Kier alpha value is -3.48. The van der Waals surface area contributed by atoms with Gasteiger partial charge in [-0.3, -0.25) is 19.7 Å². The van der Waals surface area contributed by atoms with Crippen molar-refractivity contribution in [2.75, 3.05) is 11.9 Å². The van der Waals surface area contributed by atoms with Crippen LogP contribution >= 0.6 is 0 Å². The zero-order valence-corrected chi connectivity index (χ0v) is 14.8. The van der Waals surface area contributed by atoms with E-state index in [1.165, 1.54) is 23.8 Å². The van der Waals surface area contributed by atoms with Crippen LogP contribution in [-0.4, -0.2) is 28.2 Å². The molecule has 1 heterocycles. The Kier molecular flexibility index (Phi) is 5.30. The van der Waals surface area contributed by atoms with Crippen molar-refractivity contribution in [3.8, 4) is 0 Å². The number of benzene rings is 2. The minimum Gasteiger partial charge on any atom is -0.338 e. The lowest BCUT2D eigenvalue weighted by Crippen LogP contribution is -2.34. The predicted octanol–water partition coefficient (Wildman–Crippen LogP) is 3.15. The Balaban J connectivity index is 1.65. The summed E-state index contributed by atoms with van der Waals surface area (Å²) in [5.74, 6) is -0.256. The fourth-order valence-electron chi connectivity index (χ4n) is 2.97. The summed E-state index contributed by atoms with van der Waals surface area (Å²) < 4.78 is 0. The molecule has 27 heavy (non-hydrogen) atoms. The van der Waals surface area contributed by atoms with E-state index >= 15 is 0 Å². The third-order valence-electron chi connectivity index (χ3n) is 4.46. The zero-order chi connectivity index (χ0) is 19.4. The minimum atomic E-state index is -0.469. The molecule has 2 aromatic rings. The summed E-state index contributed by atoms with van der Waals surface area (Å²) in [5.41, 5.74) is 3.58. The molecule has 7 heteroatoms. The molecular weight excluding hydrogens is 346 g/mol. The van der Waals surface area contributed by atoms with Crippen molar-refractivity contribution in [2.24, 2.45) is 0 Å². The van der Waals surface area contributed by atoms with Crippen LogP contribution in [0.1, 0.15) is 23.6 Å². The third-order valence-corrected chi connectivity index (χ3v) is 4.46. The van der Waals surface area contributed by atoms with E-state index in [1.54, 1.807) is 30.0 Å². The Labute approximate surface area is 156 Å². The van der Waals surface area contributed by atoms with E-state index in [2.05, 4.69) is 5.32 Å². The molecule has 2 aromatic carbocycles. The van der Waals surface area contributed by atoms with Crippen LogP contribution in [0.5, 0.6) is 0 Å². The van der Waals surface area contributed by atoms with Gasteiger partial charge in [-0.15, -0.1) is 0 Å². The lowest BCUT2D eigenvalue weighted by molar-refractivity contribution is -0.384. The monoisotopic (exact) mass is 365 g/mol. The molecule has 0 aromatic heterocycles. The van der Waals surface area contributed by atoms with Gasteiger partial charge in [0.25, 0.3) is 5.69 Å². The van der Waals surface area contributed by atoms with Crippen molar-refractivity contribution >= 4 is 29.3 Å². The van der Waals surface area contributed by atoms with E-state index < -0.39 is 4.92 Å². The highest BCUT2D eigenvalue weighted by molar-refractivity contribution is 6.02. The first-order chi connectivity index (χ1) is 12.9. The van der Waals surface area contributed by atoms with E-state index in [9.17, 15) is 19.7 Å². The van der Waals surface area contributed by atoms with Gasteiger partial charge in [-0.05, 0) is 53.5 Å². The van der Waals surface area contributed by atoms with Gasteiger partial charge in [0.1, 0.15) is 0 Å². The molecule has 0 radical (unpaired) electrons. The van der Waals surface area contributed by atoms with Gasteiger partial charge >= 0.3 is 0 Å². The van der Waals surface area contributed by atoms with Gasteiger partial charge in [0.05, 0.1) is 4.92 Å². The predicted molar refractivity (Wildman–Crippen MR) is 102 cm³/mol. The van der Waals surface area contributed by atoms with Crippen molar-refractivity contribution in [3.63, 3.8) is 0 Å². The average Bonchev–Trinajstić information content (AvgIpc) is 2.66. The molecule has 1 aliphatic rings. The number of hydrogen-bond acceptors (Lipinski definition) is 4. The number of carbonyl (C=O) groups is 2. The van der Waals surface area contributed by atoms with E-state index in [1.807, 2.05) is 18.2 Å². The van der Waals surface area contributed by atoms with E-state index in [-0.39, 0.29) is 17.5 Å². The molecule has 0 aliphatic carbocycles. The largest absolute Gasteiger partial charge is 0.338 e. The lowest BCUT2D eigenvalue weighted by Gasteiger charge is -2.28. The number of non-ortho nitro benzene ring substituents is 1. The quantitative estimate of drug-likeness (QED) is 0.512. The molecule has 2 amide bonds. The molecule has 138 valence electrons. The fraction of sp³-hybridized carbons (Fsp3) is 0.200. The summed E-state index contributed by atoms with van der Waals surface area (Å²) in [4.78, 5) is 35.6. The summed E-state index contributed by atoms with van der Waals surface area (Å²) >= 11 is 0. The number of rotatable bonds is 4. The molecule has 0 unspecified atom stereocenters. The molecule has 1 aliphatic heterocycles. The smallest absolute Gasteiger partial charge is 0.269 e. The Morgan fingerprint density at radius 3 is 2.56 bits per heavy atom. The summed E-state index contributed by atoms with van der Waals surface area (Å²) in [7, 11) is 0. The first-order valence-corrected chi connectivity index (χ1v) is 8.53. The van der Waals surface area contributed by atoms with Crippen LogP contribution in [-0.2, 0) is 22.6 Å². The standard InChI is InChI=1S/C20H19N3O4/c1-14(24)22-11-10-16-5-6-18(12-17(16)13-22)21-20(25)9-4-15-2-7-19(8-3-15)23(26)27/h2-9,12H,10-11,13H2,1H3,(H,21,25)/b9-4+. The number of anilines is 1. The Morgan fingerprint density at radius 1 is 1.15 bits per heavy atom. The second-order valence-corrected chi connectivity index (χ2v) is 6.35. The SMILES string of the molecule is CC(=O)N1CCc2ccc(NC(=O)/C=C/c3ccc([N+](=O)[O-])cc3)cc2C1. The molecule has 0 fully saturated rings. The number of nitro benzene ring substituents is 1. The average molecular weight is 365 g/mol. The Morgan fingerprint density at radius 2 is 1.89 bits per heavy atom. The fourth-order valence-corrected chi connectivity index (χ4v) is 2.97. The molecule has 0 bridgehead atoms. The number of nitrogens with zero attached hydrogens (tertiary/aromatic N) is 2. The molecular formula is C20H19N3O4. The number of hydrogen-bond donors (Lipinski definition) is 1. The molecule has 7 nitrogen and oxygen atoms in total. The summed E-state index contributed by atoms with van der Waals surface area (Å²) in [6, 6.07) is 11.7. The summed E-state index contributed by atoms with van der Waals surface area (Å²) in [6.07, 6.45) is 3.78. The van der Waals surface area contributed by atoms with Crippen LogP contribution in [0.15, 0.2) is 48.5 Å². The normalized spacial score (nSPS) is 13.3. The molecule has 0 atom stereocenters. The van der Waals surface area contributed by atoms with Gasteiger partial charge in [-0.1, -0.05) is 6.07 Å². The third kappa shape index (κ3) is 4.58. The maximum Gasteiger partial charge on any atom is 0.269 e. The van der Waals surface area contributed by atoms with Crippen molar-refractivity contribution in [1.82, 2.24) is 4.90 Å². The van der Waals surface area contributed by atoms with Gasteiger partial charge in [-0.25, -0.2) is 0 Å². The maximum absolute atomic E-state index is 12.1. The first kappa shape index (κ1) is 18.3. The number of nitro groups is 1. The van der Waals surface area contributed by atoms with Gasteiger partial charge in [0.2, 0.25) is 11.8 Å². The molecule has 3 rings (SSSR count). The molecule has 1 N–H and O–H groups in total. The Bertz CT molecular complexity index is 919. The highest BCUT2D eigenvalue weighted by atomic mass is 16.6. The number of fused-ring (bicyclic) bond motifs is 1. The number of amides is 2. The molecule has 0 spiro atoms. The maximum atomic E-state index is 12.1. The van der Waals surface area contributed by atoms with Gasteiger partial charge in [0.15, 0.2) is 0 Å². The van der Waals surface area contributed by atoms with Crippen molar-refractivity contribution < 1.29 is 14.5 Å².